The number of nitrogens with zero attached hydrogens (tertiary/aromatic N) is 4. The van der Waals surface area contributed by atoms with Crippen LogP contribution in [0.4, 0.5) is 34.1 Å². The number of hydrogen-bond acceptors (Lipinski definition) is 4. The van der Waals surface area contributed by atoms with E-state index in [9.17, 15) is 10.5 Å². The predicted octanol–water partition coefficient (Wildman–Crippen LogP) is 18.4. The molecule has 73 heavy (non-hydrogen) atoms. The lowest BCUT2D eigenvalue weighted by Gasteiger charge is -2.33. The van der Waals surface area contributed by atoms with Gasteiger partial charge in [-0.05, 0) is 197 Å². The number of benzene rings is 11. The normalized spacial score (nSPS) is 12.7. The molecule has 346 valence electrons. The summed E-state index contributed by atoms with van der Waals surface area (Å²) in [5.74, 6) is 0.825. The van der Waals surface area contributed by atoms with Crippen LogP contribution >= 0.6 is 0 Å². The molecule has 0 fully saturated rings. The van der Waals surface area contributed by atoms with Crippen LogP contribution in [-0.4, -0.2) is 0 Å². The second-order valence-corrected chi connectivity index (χ2v) is 20.3. The summed E-state index contributed by atoms with van der Waals surface area (Å²) in [6, 6.07) is 84.2. The summed E-state index contributed by atoms with van der Waals surface area (Å²) >= 11 is 0. The summed E-state index contributed by atoms with van der Waals surface area (Å²) in [5, 5.41) is 26.7. The molecule has 13 rings (SSSR count). The van der Waals surface area contributed by atoms with Crippen molar-refractivity contribution in [1.29, 1.82) is 10.5 Å². The molecule has 2 aliphatic carbocycles. The molecule has 0 saturated carbocycles. The quantitative estimate of drug-likeness (QED) is 0.152. The Morgan fingerprint density at radius 2 is 0.781 bits per heavy atom. The van der Waals surface area contributed by atoms with E-state index in [1.54, 1.807) is 0 Å². The topological polar surface area (TPSA) is 54.1 Å². The minimum atomic E-state index is -0.651. The molecule has 4 heteroatoms. The van der Waals surface area contributed by atoms with E-state index in [0.717, 1.165) is 44.9 Å². The lowest BCUT2D eigenvalue weighted by atomic mass is 9.68. The van der Waals surface area contributed by atoms with Crippen molar-refractivity contribution in [2.75, 3.05) is 9.80 Å². The van der Waals surface area contributed by atoms with Gasteiger partial charge in [0.2, 0.25) is 0 Å². The Morgan fingerprint density at radius 1 is 0.356 bits per heavy atom. The van der Waals surface area contributed by atoms with Crippen molar-refractivity contribution in [3.63, 3.8) is 0 Å². The molecule has 1 spiro atoms. The molecular formula is C69H50N4. The van der Waals surface area contributed by atoms with Crippen molar-refractivity contribution >= 4 is 66.4 Å². The highest BCUT2D eigenvalue weighted by molar-refractivity contribution is 6.13. The third-order valence-electron chi connectivity index (χ3n) is 15.6. The van der Waals surface area contributed by atoms with E-state index in [0.29, 0.717) is 23.0 Å². The van der Waals surface area contributed by atoms with Crippen LogP contribution in [0, 0.1) is 22.7 Å². The van der Waals surface area contributed by atoms with Crippen molar-refractivity contribution in [3.8, 4) is 34.4 Å². The summed E-state index contributed by atoms with van der Waals surface area (Å²) < 4.78 is 0. The van der Waals surface area contributed by atoms with E-state index in [4.69, 9.17) is 0 Å². The van der Waals surface area contributed by atoms with Gasteiger partial charge in [-0.1, -0.05) is 149 Å². The molecule has 0 aromatic heterocycles. The number of rotatable bonds is 8. The third-order valence-corrected chi connectivity index (χ3v) is 15.6. The van der Waals surface area contributed by atoms with E-state index in [2.05, 4.69) is 219 Å². The Morgan fingerprint density at radius 3 is 1.26 bits per heavy atom. The average Bonchev–Trinajstić information content (AvgIpc) is 3.92. The second kappa shape index (κ2) is 17.0. The maximum atomic E-state index is 9.75. The van der Waals surface area contributed by atoms with Crippen LogP contribution in [0.1, 0.15) is 84.0 Å². The van der Waals surface area contributed by atoms with Crippen molar-refractivity contribution in [1.82, 2.24) is 0 Å². The molecule has 0 amide bonds. The van der Waals surface area contributed by atoms with Crippen molar-refractivity contribution in [2.45, 2.75) is 44.9 Å². The predicted molar refractivity (Wildman–Crippen MR) is 302 cm³/mol. The highest BCUT2D eigenvalue weighted by Gasteiger charge is 2.53. The molecule has 0 heterocycles. The second-order valence-electron chi connectivity index (χ2n) is 20.3. The Hall–Kier alpha value is -9.22. The first-order chi connectivity index (χ1) is 35.7. The Labute approximate surface area is 426 Å². The standard InChI is InChI=1S/C69H50N4/c1-43(2)47-17-28-54(29-18-47)72(52-24-13-45(41-70)14-25-52)56-32-36-59-50(39-56)21-34-61-62-35-22-51-40-57(73(53-26-15-46(42-71)16-27-53)55-30-19-48(20-31-55)44(3)4)33-37-60(51)68(62)69(67(59)61)64-12-8-7-11-63(64)66-58-10-6-5-9-49(58)23-38-65(66)69/h5-40,43-44H,1-4H3. The average molecular weight is 935 g/mol. The molecule has 0 saturated heterocycles. The van der Waals surface area contributed by atoms with Gasteiger partial charge in [0, 0.05) is 34.1 Å². The number of fused-ring (bicyclic) bond motifs is 16. The van der Waals surface area contributed by atoms with Crippen molar-refractivity contribution in [2.24, 2.45) is 0 Å². The van der Waals surface area contributed by atoms with Crippen LogP contribution in [0.2, 0.25) is 0 Å². The molecular weight excluding hydrogens is 885 g/mol. The van der Waals surface area contributed by atoms with Gasteiger partial charge in [0.05, 0.1) is 28.7 Å². The first kappa shape index (κ1) is 43.8. The van der Waals surface area contributed by atoms with Gasteiger partial charge in [-0.25, -0.2) is 0 Å². The summed E-state index contributed by atoms with van der Waals surface area (Å²) in [7, 11) is 0. The van der Waals surface area contributed by atoms with Gasteiger partial charge >= 0.3 is 0 Å². The summed E-state index contributed by atoms with van der Waals surface area (Å²) in [5.41, 5.74) is 19.6. The number of nitriles is 2. The molecule has 0 aliphatic heterocycles. The SMILES string of the molecule is CC(C)c1ccc(N(c2ccc(C#N)cc2)c2ccc3c4c(ccc3c2)-c2ccc3cc(N(c5ccc(C#N)cc5)c5ccc(C(C)C)cc5)ccc3c2C42c3ccccc3-c3c2ccc2ccccc32)cc1. The first-order valence-electron chi connectivity index (χ1n) is 25.3. The molecule has 4 nitrogen and oxygen atoms in total. The minimum absolute atomic E-state index is 0.413. The molecule has 11 aromatic carbocycles. The summed E-state index contributed by atoms with van der Waals surface area (Å²) in [4.78, 5) is 4.61. The van der Waals surface area contributed by atoms with Gasteiger partial charge in [-0.3, -0.25) is 0 Å². The van der Waals surface area contributed by atoms with Gasteiger partial charge in [0.15, 0.2) is 0 Å². The van der Waals surface area contributed by atoms with Crippen molar-refractivity contribution < 1.29 is 0 Å². The largest absolute Gasteiger partial charge is 0.310 e. The summed E-state index contributed by atoms with van der Waals surface area (Å²) in [6.45, 7) is 8.91. The molecule has 0 radical (unpaired) electrons. The van der Waals surface area contributed by atoms with Gasteiger partial charge in [-0.15, -0.1) is 0 Å². The fraction of sp³-hybridized carbons (Fsp3) is 0.101. The molecule has 11 aromatic rings. The fourth-order valence-corrected chi connectivity index (χ4v) is 12.2. The van der Waals surface area contributed by atoms with E-state index >= 15 is 0 Å². The van der Waals surface area contributed by atoms with E-state index < -0.39 is 5.41 Å². The zero-order valence-corrected chi connectivity index (χ0v) is 41.2. The van der Waals surface area contributed by atoms with Gasteiger partial charge in [-0.2, -0.15) is 10.5 Å². The van der Waals surface area contributed by atoms with E-state index in [1.165, 1.54) is 77.2 Å². The van der Waals surface area contributed by atoms with Crippen LogP contribution in [0.25, 0.3) is 54.6 Å². The van der Waals surface area contributed by atoms with Crippen LogP contribution < -0.4 is 9.80 Å². The van der Waals surface area contributed by atoms with E-state index in [-0.39, 0.29) is 0 Å². The number of hydrogen-bond donors (Lipinski definition) is 0. The zero-order valence-electron chi connectivity index (χ0n) is 41.2. The lowest BCUT2D eigenvalue weighted by Crippen LogP contribution is -2.26. The highest BCUT2D eigenvalue weighted by atomic mass is 15.1. The summed E-state index contributed by atoms with van der Waals surface area (Å²) in [6.07, 6.45) is 0. The monoisotopic (exact) mass is 934 g/mol. The maximum absolute atomic E-state index is 9.75. The number of anilines is 6. The zero-order chi connectivity index (χ0) is 49.5. The Balaban J connectivity index is 1.06. The molecule has 2 aliphatic rings. The highest BCUT2D eigenvalue weighted by Crippen LogP contribution is 2.66. The van der Waals surface area contributed by atoms with Crippen molar-refractivity contribution in [3.05, 3.63) is 263 Å². The molecule has 0 unspecified atom stereocenters. The van der Waals surface area contributed by atoms with Crippen LogP contribution in [0.5, 0.6) is 0 Å². The van der Waals surface area contributed by atoms with Crippen LogP contribution in [0.15, 0.2) is 218 Å². The molecule has 0 atom stereocenters. The van der Waals surface area contributed by atoms with E-state index in [1.807, 2.05) is 48.5 Å². The first-order valence-corrected chi connectivity index (χ1v) is 25.3. The molecule has 0 N–H and O–H groups in total. The Kier molecular flexibility index (Phi) is 10.2. The molecule has 0 bridgehead atoms. The van der Waals surface area contributed by atoms with Gasteiger partial charge in [0.1, 0.15) is 0 Å². The fourth-order valence-electron chi connectivity index (χ4n) is 12.2. The minimum Gasteiger partial charge on any atom is -0.310 e. The lowest BCUT2D eigenvalue weighted by molar-refractivity contribution is 0.810. The Bertz CT molecular complexity index is 3890. The van der Waals surface area contributed by atoms with Gasteiger partial charge in [0.25, 0.3) is 0 Å². The van der Waals surface area contributed by atoms with Crippen LogP contribution in [0.3, 0.4) is 0 Å². The smallest absolute Gasteiger partial charge is 0.0991 e. The maximum Gasteiger partial charge on any atom is 0.0991 e. The third kappa shape index (κ3) is 6.72. The van der Waals surface area contributed by atoms with Gasteiger partial charge < -0.3 is 9.80 Å². The van der Waals surface area contributed by atoms with Crippen LogP contribution in [-0.2, 0) is 5.41 Å².